The van der Waals surface area contributed by atoms with E-state index < -0.39 is 17.6 Å². The Morgan fingerprint density at radius 3 is 2.31 bits per heavy atom. The molecule has 1 amide bonds. The molecule has 0 aliphatic carbocycles. The van der Waals surface area contributed by atoms with Crippen LogP contribution in [0.25, 0.3) is 11.1 Å². The second-order valence-electron chi connectivity index (χ2n) is 13.3. The summed E-state index contributed by atoms with van der Waals surface area (Å²) < 4.78 is 39.5. The lowest BCUT2D eigenvalue weighted by molar-refractivity contribution is -0.275. The van der Waals surface area contributed by atoms with Gasteiger partial charge in [0.1, 0.15) is 11.6 Å². The van der Waals surface area contributed by atoms with Crippen LogP contribution < -0.4 is 14.5 Å². The molecule has 1 spiro atoms. The fourth-order valence-corrected chi connectivity index (χ4v) is 8.54. The van der Waals surface area contributed by atoms with Gasteiger partial charge in [0.25, 0.3) is 5.91 Å². The molecule has 8 rings (SSSR count). The first-order valence-electron chi connectivity index (χ1n) is 16.7. The molecule has 13 heteroatoms. The second kappa shape index (κ2) is 12.9. The Morgan fingerprint density at radius 2 is 1.63 bits per heavy atom. The number of halogens is 3. The topological polar surface area (TPSA) is 101 Å². The highest BCUT2D eigenvalue weighted by Gasteiger charge is 2.41. The van der Waals surface area contributed by atoms with Gasteiger partial charge in [-0.15, -0.1) is 0 Å². The van der Waals surface area contributed by atoms with Gasteiger partial charge in [0.05, 0.1) is 71.9 Å². The van der Waals surface area contributed by atoms with E-state index in [1.54, 1.807) is 30.3 Å². The van der Waals surface area contributed by atoms with Crippen LogP contribution in [-0.2, 0) is 20.8 Å². The number of ether oxygens (including phenoxy) is 4. The lowest BCUT2D eigenvalue weighted by atomic mass is 9.96. The largest absolute Gasteiger partial charge is 0.478 e. The number of carboxylic acids is 1. The molecule has 1 N–H and O–H groups in total. The summed E-state index contributed by atoms with van der Waals surface area (Å²) >= 11 is 13.5. The number of rotatable bonds is 5. The second-order valence-corrected chi connectivity index (χ2v) is 14.1. The van der Waals surface area contributed by atoms with Crippen molar-refractivity contribution in [3.8, 4) is 16.9 Å². The van der Waals surface area contributed by atoms with Gasteiger partial charge in [0.15, 0.2) is 12.5 Å². The molecular formula is C36H36Cl2FN3O7. The Hall–Kier alpha value is -3.61. The number of nitrogens with zero attached hydrogens (tertiary/aromatic N) is 3. The van der Waals surface area contributed by atoms with Gasteiger partial charge in [0.2, 0.25) is 0 Å². The van der Waals surface area contributed by atoms with Gasteiger partial charge in [-0.3, -0.25) is 4.79 Å². The van der Waals surface area contributed by atoms with Crippen molar-refractivity contribution in [1.82, 2.24) is 4.90 Å². The van der Waals surface area contributed by atoms with Gasteiger partial charge < -0.3 is 38.8 Å². The smallest absolute Gasteiger partial charge is 0.337 e. The number of carboxylic acid groups (broad SMARTS) is 1. The molecular weight excluding hydrogens is 676 g/mol. The zero-order valence-corrected chi connectivity index (χ0v) is 28.3. The molecule has 49 heavy (non-hydrogen) atoms. The van der Waals surface area contributed by atoms with Crippen LogP contribution in [0.3, 0.4) is 0 Å². The molecule has 3 aromatic carbocycles. The van der Waals surface area contributed by atoms with Crippen LogP contribution in [0.15, 0.2) is 42.5 Å². The number of fused-ring (bicyclic) bond motifs is 3. The summed E-state index contributed by atoms with van der Waals surface area (Å²) in [6, 6.07) is 11.6. The number of para-hydroxylation sites is 1. The van der Waals surface area contributed by atoms with Crippen molar-refractivity contribution in [2.75, 3.05) is 56.0 Å². The van der Waals surface area contributed by atoms with Crippen molar-refractivity contribution in [2.24, 2.45) is 0 Å². The number of piperidine rings is 1. The molecule has 4 fully saturated rings. The normalized spacial score (nSPS) is 23.0. The average molecular weight is 713 g/mol. The van der Waals surface area contributed by atoms with Crippen molar-refractivity contribution < 1.29 is 38.0 Å². The van der Waals surface area contributed by atoms with Crippen LogP contribution in [0.2, 0.25) is 10.0 Å². The van der Waals surface area contributed by atoms with Crippen LogP contribution in [0.1, 0.15) is 58.4 Å². The molecule has 0 saturated carbocycles. The van der Waals surface area contributed by atoms with Gasteiger partial charge in [0, 0.05) is 48.3 Å². The fourth-order valence-electron chi connectivity index (χ4n) is 7.91. The maximum absolute atomic E-state index is 15.7. The predicted molar refractivity (Wildman–Crippen MR) is 181 cm³/mol. The van der Waals surface area contributed by atoms with Crippen molar-refractivity contribution in [2.45, 2.75) is 56.5 Å². The van der Waals surface area contributed by atoms with Crippen LogP contribution in [-0.4, -0.2) is 86.0 Å². The average Bonchev–Trinajstić information content (AvgIpc) is 3.34. The number of hydrogen-bond acceptors (Lipinski definition) is 8. The van der Waals surface area contributed by atoms with E-state index in [2.05, 4.69) is 9.80 Å². The fraction of sp³-hybridized carbons (Fsp3) is 0.444. The molecule has 0 radical (unpaired) electrons. The van der Waals surface area contributed by atoms with E-state index in [1.807, 2.05) is 6.07 Å². The van der Waals surface area contributed by atoms with Crippen molar-refractivity contribution >= 4 is 46.5 Å². The number of amides is 1. The number of benzene rings is 3. The summed E-state index contributed by atoms with van der Waals surface area (Å²) in [7, 11) is 0. The molecule has 4 saturated heterocycles. The SMILES string of the molecule is O=C(O)c1cc(F)c(-c2cccc3c2OCN(C(=O)c2c(Cl)cc(N4CCC5(CC4)OCCCO5)cc2Cl)C3)cc1N1C2CCC1COC2. The molecule has 2 bridgehead atoms. The summed E-state index contributed by atoms with van der Waals surface area (Å²) in [4.78, 5) is 31.8. The Morgan fingerprint density at radius 1 is 0.939 bits per heavy atom. The van der Waals surface area contributed by atoms with E-state index in [0.717, 1.165) is 43.9 Å². The van der Waals surface area contributed by atoms with Gasteiger partial charge >= 0.3 is 5.97 Å². The molecule has 5 heterocycles. The third-order valence-electron chi connectivity index (χ3n) is 10.4. The first kappa shape index (κ1) is 32.6. The van der Waals surface area contributed by atoms with Crippen LogP contribution in [0.4, 0.5) is 15.8 Å². The number of carbonyl (C=O) groups is 2. The Kier molecular flexibility index (Phi) is 8.60. The minimum atomic E-state index is -1.19. The minimum Gasteiger partial charge on any atom is -0.478 e. The van der Waals surface area contributed by atoms with E-state index in [0.29, 0.717) is 62.1 Å². The predicted octanol–water partition coefficient (Wildman–Crippen LogP) is 6.59. The Bertz CT molecular complexity index is 1770. The Balaban J connectivity index is 1.03. The van der Waals surface area contributed by atoms with Crippen LogP contribution in [0.5, 0.6) is 5.75 Å². The van der Waals surface area contributed by atoms with Gasteiger partial charge in [-0.2, -0.15) is 0 Å². The number of carbonyl (C=O) groups excluding carboxylic acids is 1. The molecule has 10 nitrogen and oxygen atoms in total. The standard InChI is InChI=1S/C36H36Cl2FN3O7/c37-28-13-24(40-9-7-36(8-10-40)48-11-2-12-49-36)14-29(38)32(28)34(43)41-17-21-3-1-4-25(33(21)47-20-41)26-16-31(27(35(44)45)15-30(26)39)42-22-5-6-23(42)19-46-18-22/h1,3-4,13-16,22-23H,2,5-12,17-20H2,(H,44,45). The van der Waals surface area contributed by atoms with Crippen molar-refractivity contribution in [3.63, 3.8) is 0 Å². The highest BCUT2D eigenvalue weighted by atomic mass is 35.5. The highest BCUT2D eigenvalue weighted by molar-refractivity contribution is 6.40. The first-order valence-corrected chi connectivity index (χ1v) is 17.5. The number of anilines is 2. The monoisotopic (exact) mass is 711 g/mol. The van der Waals surface area contributed by atoms with Crippen LogP contribution in [0, 0.1) is 5.82 Å². The molecule has 2 unspecified atom stereocenters. The van der Waals surface area contributed by atoms with Crippen molar-refractivity contribution in [1.29, 1.82) is 0 Å². The molecule has 5 aliphatic heterocycles. The summed E-state index contributed by atoms with van der Waals surface area (Å²) in [5, 5.41) is 10.5. The van der Waals surface area contributed by atoms with E-state index in [1.165, 1.54) is 4.90 Å². The van der Waals surface area contributed by atoms with Crippen molar-refractivity contribution in [3.05, 3.63) is 75.0 Å². The maximum Gasteiger partial charge on any atom is 0.337 e. The third kappa shape index (κ3) is 5.89. The third-order valence-corrected chi connectivity index (χ3v) is 11.0. The quantitative estimate of drug-likeness (QED) is 0.314. The van der Waals surface area contributed by atoms with E-state index in [-0.39, 0.29) is 58.0 Å². The van der Waals surface area contributed by atoms with Gasteiger partial charge in [-0.1, -0.05) is 41.4 Å². The number of morpholine rings is 1. The lowest BCUT2D eigenvalue weighted by Gasteiger charge is -2.44. The first-order chi connectivity index (χ1) is 23.7. The summed E-state index contributed by atoms with van der Waals surface area (Å²) in [6.45, 7) is 3.87. The Labute approximate surface area is 293 Å². The molecule has 5 aliphatic rings. The molecule has 0 aromatic heterocycles. The van der Waals surface area contributed by atoms with E-state index in [4.69, 9.17) is 42.1 Å². The molecule has 258 valence electrons. The number of hydrogen-bond donors (Lipinski definition) is 1. The van der Waals surface area contributed by atoms with Gasteiger partial charge in [-0.05, 0) is 43.5 Å². The molecule has 2 atom stereocenters. The van der Waals surface area contributed by atoms with Crippen LogP contribution >= 0.6 is 23.2 Å². The minimum absolute atomic E-state index is 0.0288. The molecule has 3 aromatic rings. The van der Waals surface area contributed by atoms with Gasteiger partial charge in [-0.25, -0.2) is 9.18 Å². The summed E-state index contributed by atoms with van der Waals surface area (Å²) in [5.74, 6) is -2.34. The maximum atomic E-state index is 15.7. The zero-order chi connectivity index (χ0) is 33.9. The van der Waals surface area contributed by atoms with E-state index in [9.17, 15) is 14.7 Å². The number of aromatic carboxylic acids is 1. The zero-order valence-electron chi connectivity index (χ0n) is 26.8. The highest BCUT2D eigenvalue weighted by Crippen LogP contribution is 2.44. The summed E-state index contributed by atoms with van der Waals surface area (Å²) in [6.07, 6.45) is 4.10. The van der Waals surface area contributed by atoms with E-state index >= 15 is 4.39 Å². The summed E-state index contributed by atoms with van der Waals surface area (Å²) in [5.41, 5.74) is 2.77. The lowest BCUT2D eigenvalue weighted by Crippen LogP contribution is -2.50.